The Balaban J connectivity index is 1.88. The van der Waals surface area contributed by atoms with Gasteiger partial charge in [0.1, 0.15) is 11.4 Å². The summed E-state index contributed by atoms with van der Waals surface area (Å²) in [6.07, 6.45) is 1.94. The fourth-order valence-electron chi connectivity index (χ4n) is 2.22. The molecule has 108 valence electrons. The van der Waals surface area contributed by atoms with Crippen molar-refractivity contribution in [2.75, 3.05) is 7.11 Å². The molecule has 0 bridgehead atoms. The molecule has 0 saturated heterocycles. The van der Waals surface area contributed by atoms with Gasteiger partial charge >= 0.3 is 0 Å². The van der Waals surface area contributed by atoms with Gasteiger partial charge in [0.15, 0.2) is 0 Å². The zero-order valence-electron chi connectivity index (χ0n) is 12.2. The average Bonchev–Trinajstić information content (AvgIpc) is 3.06. The zero-order valence-corrected chi connectivity index (χ0v) is 13.0. The number of rotatable bonds is 4. The first-order valence-electron chi connectivity index (χ1n) is 6.64. The molecule has 0 unspecified atom stereocenters. The monoisotopic (exact) mass is 300 g/mol. The Hall–Kier alpha value is -2.21. The van der Waals surface area contributed by atoms with Crippen LogP contribution >= 0.6 is 11.3 Å². The number of hydrogen-bond acceptors (Lipinski definition) is 5. The first kappa shape index (κ1) is 13.8. The molecule has 6 heteroatoms. The minimum absolute atomic E-state index is 0.694. The molecule has 0 radical (unpaired) electrons. The van der Waals surface area contributed by atoms with Crippen molar-refractivity contribution in [2.24, 2.45) is 0 Å². The molecule has 2 aromatic heterocycles. The molecule has 3 rings (SSSR count). The van der Waals surface area contributed by atoms with E-state index >= 15 is 0 Å². The SMILES string of the molecule is COc1ccccc1-c1cn(Cc2sc(C)nc2C)nn1. The molecule has 0 aliphatic carbocycles. The highest BCUT2D eigenvalue weighted by Crippen LogP contribution is 2.27. The third-order valence-electron chi connectivity index (χ3n) is 3.23. The van der Waals surface area contributed by atoms with Crippen LogP contribution < -0.4 is 4.74 Å². The second-order valence-electron chi connectivity index (χ2n) is 4.74. The minimum atomic E-state index is 0.694. The highest BCUT2D eigenvalue weighted by atomic mass is 32.1. The van der Waals surface area contributed by atoms with E-state index in [9.17, 15) is 0 Å². The number of thiazole rings is 1. The standard InChI is InChI=1S/C15H16N4OS/c1-10-15(21-11(2)16-10)9-19-8-13(17-18-19)12-6-4-5-7-14(12)20-3/h4-8H,9H2,1-3H3. The number of benzene rings is 1. The van der Waals surface area contributed by atoms with Crippen molar-refractivity contribution in [3.05, 3.63) is 46.0 Å². The van der Waals surface area contributed by atoms with Gasteiger partial charge in [0.05, 0.1) is 30.6 Å². The lowest BCUT2D eigenvalue weighted by Crippen LogP contribution is -1.99. The average molecular weight is 300 g/mol. The van der Waals surface area contributed by atoms with E-state index in [1.807, 2.05) is 49.0 Å². The van der Waals surface area contributed by atoms with Crippen LogP contribution in [0.5, 0.6) is 5.75 Å². The van der Waals surface area contributed by atoms with Crippen LogP contribution in [0.3, 0.4) is 0 Å². The largest absolute Gasteiger partial charge is 0.496 e. The summed E-state index contributed by atoms with van der Waals surface area (Å²) in [5.41, 5.74) is 2.82. The molecule has 1 aromatic carbocycles. The maximum atomic E-state index is 5.36. The highest BCUT2D eigenvalue weighted by Gasteiger charge is 2.11. The van der Waals surface area contributed by atoms with Crippen molar-refractivity contribution in [1.29, 1.82) is 0 Å². The van der Waals surface area contributed by atoms with E-state index in [1.165, 1.54) is 4.88 Å². The van der Waals surface area contributed by atoms with Crippen LogP contribution in [0.25, 0.3) is 11.3 Å². The molecule has 21 heavy (non-hydrogen) atoms. The topological polar surface area (TPSA) is 52.8 Å². The normalized spacial score (nSPS) is 10.8. The zero-order chi connectivity index (χ0) is 14.8. The summed E-state index contributed by atoms with van der Waals surface area (Å²) in [5.74, 6) is 0.800. The summed E-state index contributed by atoms with van der Waals surface area (Å²) >= 11 is 1.70. The highest BCUT2D eigenvalue weighted by molar-refractivity contribution is 7.11. The van der Waals surface area contributed by atoms with Gasteiger partial charge in [-0.1, -0.05) is 17.3 Å². The molecule has 0 N–H and O–H groups in total. The Morgan fingerprint density at radius 2 is 2.05 bits per heavy atom. The lowest BCUT2D eigenvalue weighted by atomic mass is 10.1. The van der Waals surface area contributed by atoms with Crippen molar-refractivity contribution >= 4 is 11.3 Å². The molecular formula is C15H16N4OS. The fraction of sp³-hybridized carbons (Fsp3) is 0.267. The second-order valence-corrected chi connectivity index (χ2v) is 6.03. The molecule has 5 nitrogen and oxygen atoms in total. The molecule has 3 aromatic rings. The summed E-state index contributed by atoms with van der Waals surface area (Å²) in [5, 5.41) is 9.52. The second kappa shape index (κ2) is 5.65. The number of para-hydroxylation sites is 1. The lowest BCUT2D eigenvalue weighted by molar-refractivity contribution is 0.416. The first-order chi connectivity index (χ1) is 10.2. The summed E-state index contributed by atoms with van der Waals surface area (Å²) in [7, 11) is 1.66. The number of nitrogens with zero attached hydrogens (tertiary/aromatic N) is 4. The van der Waals surface area contributed by atoms with Crippen LogP contribution in [-0.4, -0.2) is 27.1 Å². The van der Waals surface area contributed by atoms with Crippen molar-refractivity contribution in [3.8, 4) is 17.0 Å². The molecule has 0 spiro atoms. The summed E-state index contributed by atoms with van der Waals surface area (Å²) in [4.78, 5) is 5.65. The maximum Gasteiger partial charge on any atom is 0.128 e. The smallest absolute Gasteiger partial charge is 0.128 e. The van der Waals surface area contributed by atoms with Gasteiger partial charge < -0.3 is 4.74 Å². The Morgan fingerprint density at radius 3 is 2.76 bits per heavy atom. The van der Waals surface area contributed by atoms with Gasteiger partial charge in [0, 0.05) is 10.4 Å². The van der Waals surface area contributed by atoms with Gasteiger partial charge in [-0.3, -0.25) is 0 Å². The van der Waals surface area contributed by atoms with E-state index in [0.29, 0.717) is 6.54 Å². The predicted molar refractivity (Wildman–Crippen MR) is 82.7 cm³/mol. The Kier molecular flexibility index (Phi) is 3.70. The predicted octanol–water partition coefficient (Wildman–Crippen LogP) is 3.08. The first-order valence-corrected chi connectivity index (χ1v) is 7.45. The van der Waals surface area contributed by atoms with Gasteiger partial charge in [-0.15, -0.1) is 16.4 Å². The Labute approximate surface area is 127 Å². The summed E-state index contributed by atoms with van der Waals surface area (Å²) in [6.45, 7) is 4.74. The van der Waals surface area contributed by atoms with Crippen molar-refractivity contribution < 1.29 is 4.74 Å². The fourth-order valence-corrected chi connectivity index (χ4v) is 3.15. The molecular weight excluding hydrogens is 284 g/mol. The molecule has 0 saturated carbocycles. The molecule has 0 fully saturated rings. The van der Waals surface area contributed by atoms with Crippen LogP contribution in [0.1, 0.15) is 15.6 Å². The molecule has 0 aliphatic rings. The van der Waals surface area contributed by atoms with Crippen LogP contribution in [-0.2, 0) is 6.54 Å². The number of aromatic nitrogens is 4. The Morgan fingerprint density at radius 1 is 1.24 bits per heavy atom. The van der Waals surface area contributed by atoms with Gasteiger partial charge in [0.2, 0.25) is 0 Å². The van der Waals surface area contributed by atoms with Crippen LogP contribution in [0.2, 0.25) is 0 Å². The van der Waals surface area contributed by atoms with E-state index in [4.69, 9.17) is 4.74 Å². The summed E-state index contributed by atoms with van der Waals surface area (Å²) < 4.78 is 7.20. The number of aryl methyl sites for hydroxylation is 2. The van der Waals surface area contributed by atoms with Crippen molar-refractivity contribution in [3.63, 3.8) is 0 Å². The summed E-state index contributed by atoms with van der Waals surface area (Å²) in [6, 6.07) is 7.81. The molecule has 2 heterocycles. The van der Waals surface area contributed by atoms with E-state index in [-0.39, 0.29) is 0 Å². The Bertz CT molecular complexity index is 763. The van der Waals surface area contributed by atoms with Crippen LogP contribution in [0.4, 0.5) is 0 Å². The third-order valence-corrected chi connectivity index (χ3v) is 4.28. The van der Waals surface area contributed by atoms with Gasteiger partial charge in [0.25, 0.3) is 0 Å². The van der Waals surface area contributed by atoms with Crippen molar-refractivity contribution in [1.82, 2.24) is 20.0 Å². The van der Waals surface area contributed by atoms with Gasteiger partial charge in [-0.25, -0.2) is 9.67 Å². The van der Waals surface area contributed by atoms with Crippen LogP contribution in [0.15, 0.2) is 30.5 Å². The maximum absolute atomic E-state index is 5.36. The van der Waals surface area contributed by atoms with E-state index in [2.05, 4.69) is 15.3 Å². The van der Waals surface area contributed by atoms with Gasteiger partial charge in [-0.05, 0) is 26.0 Å². The minimum Gasteiger partial charge on any atom is -0.496 e. The van der Waals surface area contributed by atoms with E-state index in [0.717, 1.165) is 27.7 Å². The van der Waals surface area contributed by atoms with Crippen LogP contribution in [0, 0.1) is 13.8 Å². The van der Waals surface area contributed by atoms with E-state index in [1.54, 1.807) is 18.4 Å². The lowest BCUT2D eigenvalue weighted by Gasteiger charge is -2.04. The number of ether oxygens (including phenoxy) is 1. The van der Waals surface area contributed by atoms with E-state index < -0.39 is 0 Å². The quantitative estimate of drug-likeness (QED) is 0.743. The number of methoxy groups -OCH3 is 1. The molecule has 0 aliphatic heterocycles. The van der Waals surface area contributed by atoms with Crippen molar-refractivity contribution in [2.45, 2.75) is 20.4 Å². The molecule has 0 amide bonds. The third kappa shape index (κ3) is 2.80. The number of hydrogen-bond donors (Lipinski definition) is 0. The molecule has 0 atom stereocenters. The van der Waals surface area contributed by atoms with Gasteiger partial charge in [-0.2, -0.15) is 0 Å².